The van der Waals surface area contributed by atoms with Crippen LogP contribution in [0.25, 0.3) is 0 Å². The molecule has 2 heterocycles. The zero-order valence-corrected chi connectivity index (χ0v) is 16.9. The van der Waals surface area contributed by atoms with Crippen LogP contribution >= 0.6 is 15.9 Å². The topological polar surface area (TPSA) is 63.2 Å². The van der Waals surface area contributed by atoms with Crippen LogP contribution in [0.3, 0.4) is 0 Å². The number of hydrogen-bond donors (Lipinski definition) is 1. The SMILES string of the molecule is CC1(C)CC(=O)C2=C(C1)NC1=C([C@H]2c2ccc(F)c(Br)c2)S(=O)(=O)CC1. The third-order valence-corrected chi connectivity index (χ3v) is 7.80. The minimum Gasteiger partial charge on any atom is -0.361 e. The van der Waals surface area contributed by atoms with E-state index in [4.69, 9.17) is 0 Å². The number of sulfone groups is 1. The summed E-state index contributed by atoms with van der Waals surface area (Å²) in [5.74, 6) is -1.07. The van der Waals surface area contributed by atoms with Crippen LogP contribution in [0.1, 0.15) is 44.6 Å². The third-order valence-electron chi connectivity index (χ3n) is 5.30. The van der Waals surface area contributed by atoms with E-state index < -0.39 is 21.6 Å². The smallest absolute Gasteiger partial charge is 0.177 e. The van der Waals surface area contributed by atoms with Gasteiger partial charge in [0, 0.05) is 29.8 Å². The van der Waals surface area contributed by atoms with E-state index in [9.17, 15) is 17.6 Å². The zero-order valence-electron chi connectivity index (χ0n) is 14.5. The van der Waals surface area contributed by atoms with E-state index >= 15 is 0 Å². The van der Waals surface area contributed by atoms with Crippen molar-refractivity contribution in [1.29, 1.82) is 0 Å². The molecule has 0 aromatic heterocycles. The molecule has 26 heavy (non-hydrogen) atoms. The van der Waals surface area contributed by atoms with Crippen molar-refractivity contribution in [2.24, 2.45) is 5.41 Å². The molecule has 2 aliphatic heterocycles. The Morgan fingerprint density at radius 2 is 1.96 bits per heavy atom. The van der Waals surface area contributed by atoms with Gasteiger partial charge in [-0.05, 0) is 45.5 Å². The van der Waals surface area contributed by atoms with Gasteiger partial charge in [-0.15, -0.1) is 0 Å². The van der Waals surface area contributed by atoms with Crippen molar-refractivity contribution < 1.29 is 17.6 Å². The van der Waals surface area contributed by atoms with E-state index in [1.165, 1.54) is 6.07 Å². The number of carbonyl (C=O) groups is 1. The Hall–Kier alpha value is -1.47. The van der Waals surface area contributed by atoms with Crippen LogP contribution in [-0.4, -0.2) is 20.0 Å². The molecule has 138 valence electrons. The van der Waals surface area contributed by atoms with Crippen molar-refractivity contribution in [1.82, 2.24) is 5.32 Å². The number of ketones is 1. The van der Waals surface area contributed by atoms with Gasteiger partial charge in [0.15, 0.2) is 15.6 Å². The van der Waals surface area contributed by atoms with Gasteiger partial charge in [0.05, 0.1) is 21.0 Å². The van der Waals surface area contributed by atoms with Gasteiger partial charge in [0.2, 0.25) is 0 Å². The molecule has 0 fully saturated rings. The molecule has 1 N–H and O–H groups in total. The number of carbonyl (C=O) groups excluding carboxylic acids is 1. The lowest BCUT2D eigenvalue weighted by molar-refractivity contribution is -0.118. The Bertz CT molecular complexity index is 1010. The molecule has 7 heteroatoms. The average Bonchev–Trinajstić information content (AvgIpc) is 2.82. The molecule has 0 saturated heterocycles. The second kappa shape index (κ2) is 5.76. The fraction of sp³-hybridized carbons (Fsp3) is 0.421. The van der Waals surface area contributed by atoms with E-state index in [1.807, 2.05) is 13.8 Å². The molecule has 0 radical (unpaired) electrons. The summed E-state index contributed by atoms with van der Waals surface area (Å²) in [6.07, 6.45) is 1.47. The van der Waals surface area contributed by atoms with Crippen molar-refractivity contribution >= 4 is 31.6 Å². The van der Waals surface area contributed by atoms with Gasteiger partial charge in [0.1, 0.15) is 5.82 Å². The standard InChI is InChI=1S/C19H19BrFNO3S/c1-19(2)8-14-17(15(23)9-19)16(10-3-4-12(21)11(20)7-10)18-13(22-14)5-6-26(18,24)25/h3-4,7,16,22H,5-6,8-9H2,1-2H3/t16-/m0/s1. The third kappa shape index (κ3) is 2.76. The van der Waals surface area contributed by atoms with Crippen molar-refractivity contribution in [3.05, 3.63) is 55.9 Å². The van der Waals surface area contributed by atoms with Gasteiger partial charge in [-0.25, -0.2) is 12.8 Å². The Labute approximate surface area is 160 Å². The quantitative estimate of drug-likeness (QED) is 0.719. The molecule has 0 unspecified atom stereocenters. The van der Waals surface area contributed by atoms with Gasteiger partial charge >= 0.3 is 0 Å². The molecule has 1 atom stereocenters. The number of dihydropyridines is 1. The Morgan fingerprint density at radius 3 is 2.65 bits per heavy atom. The summed E-state index contributed by atoms with van der Waals surface area (Å²) >= 11 is 3.18. The molecule has 4 nitrogen and oxygen atoms in total. The Balaban J connectivity index is 1.95. The Kier molecular flexibility index (Phi) is 3.97. The summed E-state index contributed by atoms with van der Waals surface area (Å²) in [4.78, 5) is 13.3. The highest BCUT2D eigenvalue weighted by Gasteiger charge is 2.47. The molecule has 0 saturated carbocycles. The van der Waals surface area contributed by atoms with Gasteiger partial charge < -0.3 is 5.32 Å². The van der Waals surface area contributed by atoms with E-state index in [0.29, 0.717) is 36.1 Å². The van der Waals surface area contributed by atoms with Gasteiger partial charge in [0.25, 0.3) is 0 Å². The largest absolute Gasteiger partial charge is 0.361 e. The highest BCUT2D eigenvalue weighted by molar-refractivity contribution is 9.10. The summed E-state index contributed by atoms with van der Waals surface area (Å²) in [6.45, 7) is 4.07. The number of Topliss-reactive ketones (excluding diaryl/α,β-unsaturated/α-hetero) is 1. The number of benzene rings is 1. The first kappa shape index (κ1) is 17.9. The molecule has 4 rings (SSSR count). The van der Waals surface area contributed by atoms with Gasteiger partial charge in [-0.2, -0.15) is 0 Å². The molecular weight excluding hydrogens is 421 g/mol. The first-order valence-electron chi connectivity index (χ1n) is 8.53. The highest BCUT2D eigenvalue weighted by Crippen LogP contribution is 2.50. The second-order valence-electron chi connectivity index (χ2n) is 7.98. The van der Waals surface area contributed by atoms with Crippen LogP contribution in [0.15, 0.2) is 44.5 Å². The fourth-order valence-corrected chi connectivity index (χ4v) is 6.47. The minimum atomic E-state index is -3.45. The lowest BCUT2D eigenvalue weighted by Gasteiger charge is -2.38. The van der Waals surface area contributed by atoms with Crippen molar-refractivity contribution in [3.8, 4) is 0 Å². The first-order valence-corrected chi connectivity index (χ1v) is 11.0. The predicted octanol–water partition coefficient (Wildman–Crippen LogP) is 3.95. The van der Waals surface area contributed by atoms with Crippen LogP contribution in [0, 0.1) is 11.2 Å². The molecule has 3 aliphatic rings. The lowest BCUT2D eigenvalue weighted by atomic mass is 9.70. The molecule has 0 bridgehead atoms. The van der Waals surface area contributed by atoms with Crippen molar-refractivity contribution in [3.63, 3.8) is 0 Å². The van der Waals surface area contributed by atoms with Crippen molar-refractivity contribution in [2.45, 2.75) is 39.0 Å². The fourth-order valence-electron chi connectivity index (χ4n) is 4.24. The average molecular weight is 440 g/mol. The summed E-state index contributed by atoms with van der Waals surface area (Å²) < 4.78 is 39.4. The normalized spacial score (nSPS) is 26.5. The van der Waals surface area contributed by atoms with Gasteiger partial charge in [-0.3, -0.25) is 4.79 Å². The van der Waals surface area contributed by atoms with Crippen LogP contribution < -0.4 is 5.32 Å². The lowest BCUT2D eigenvalue weighted by Crippen LogP contribution is -2.37. The van der Waals surface area contributed by atoms with E-state index in [2.05, 4.69) is 21.2 Å². The summed E-state index contributed by atoms with van der Waals surface area (Å²) in [5.41, 5.74) is 2.46. The minimum absolute atomic E-state index is 0.0390. The number of rotatable bonds is 1. The summed E-state index contributed by atoms with van der Waals surface area (Å²) in [6, 6.07) is 4.47. The van der Waals surface area contributed by atoms with Crippen LogP contribution in [-0.2, 0) is 14.6 Å². The monoisotopic (exact) mass is 439 g/mol. The number of allylic oxidation sites excluding steroid dienone is 4. The second-order valence-corrected chi connectivity index (χ2v) is 10.9. The highest BCUT2D eigenvalue weighted by atomic mass is 79.9. The van der Waals surface area contributed by atoms with Gasteiger partial charge in [-0.1, -0.05) is 19.9 Å². The molecule has 0 spiro atoms. The summed E-state index contributed by atoms with van der Waals surface area (Å²) in [7, 11) is -3.45. The van der Waals surface area contributed by atoms with E-state index in [1.54, 1.807) is 12.1 Å². The number of nitrogens with one attached hydrogen (secondary N) is 1. The first-order chi connectivity index (χ1) is 12.1. The molecular formula is C19H19BrFNO3S. The Morgan fingerprint density at radius 1 is 1.23 bits per heavy atom. The number of halogens is 2. The predicted molar refractivity (Wildman–Crippen MR) is 100 cm³/mol. The van der Waals surface area contributed by atoms with Crippen LogP contribution in [0.5, 0.6) is 0 Å². The maximum absolute atomic E-state index is 13.7. The van der Waals surface area contributed by atoms with Crippen LogP contribution in [0.2, 0.25) is 0 Å². The number of hydrogen-bond acceptors (Lipinski definition) is 4. The van der Waals surface area contributed by atoms with E-state index in [-0.39, 0.29) is 26.3 Å². The van der Waals surface area contributed by atoms with Crippen molar-refractivity contribution in [2.75, 3.05) is 5.75 Å². The summed E-state index contributed by atoms with van der Waals surface area (Å²) in [5, 5.41) is 3.26. The van der Waals surface area contributed by atoms with E-state index in [0.717, 1.165) is 5.70 Å². The molecule has 0 amide bonds. The maximum Gasteiger partial charge on any atom is 0.177 e. The molecule has 1 aliphatic carbocycles. The zero-order chi connectivity index (χ0) is 18.9. The molecule has 1 aromatic carbocycles. The maximum atomic E-state index is 13.7. The molecule has 1 aromatic rings. The van der Waals surface area contributed by atoms with Crippen LogP contribution in [0.4, 0.5) is 4.39 Å².